The number of rotatable bonds is 19. The fourth-order valence-corrected chi connectivity index (χ4v) is 15.9. The van der Waals surface area contributed by atoms with Gasteiger partial charge in [-0.3, -0.25) is 14.7 Å². The minimum atomic E-state index is -1.20. The maximum absolute atomic E-state index is 14.0. The molecule has 9 rings (SSSR count). The maximum Gasteiger partial charge on any atom is 0.410 e. The summed E-state index contributed by atoms with van der Waals surface area (Å²) in [5.74, 6) is 2.16. The van der Waals surface area contributed by atoms with E-state index in [9.17, 15) is 27.6 Å². The van der Waals surface area contributed by atoms with E-state index in [1.165, 1.54) is 102 Å². The number of ether oxygens (including phenoxy) is 6. The lowest BCUT2D eigenvalue weighted by Crippen LogP contribution is -2.62. The van der Waals surface area contributed by atoms with Gasteiger partial charge in [-0.25, -0.2) is 27.6 Å². The molecule has 0 spiro atoms. The second-order valence-electron chi connectivity index (χ2n) is 47.2. The molecule has 0 aliphatic carbocycles. The number of alkyl halides is 3. The molecule has 720 valence electrons. The van der Waals surface area contributed by atoms with Crippen LogP contribution in [0.5, 0.6) is 0 Å². The molecule has 9 saturated heterocycles. The van der Waals surface area contributed by atoms with Crippen molar-refractivity contribution < 1.29 is 56.0 Å². The standard InChI is InChI=1S/C15H30N2O2.C14H27NO3.C12H22FNO2.C11H23NO.C10H22N2.C10H21N.C9H18FN.C9H19NO.C8H16FN/c1-14(2,3)7-8-16-9-11-17(12-10-16)13(18)19-15(4,5)6;1-13(2,3)9-11-10-15(7-8-17-11)12(16)18-14(4,5)6;1-9(2)6-12(13)7-14(8-12)10(15)16-11(3,4)5;1-5-12-6-7-13-10(9-12)8-11(2,3)4;1-10(2,3)4-7-12-8-5-11-6-9-12;1-10(2)6-5-9-11-7-3-4-8-11;1-4-11-6-9(10,7-11)5-8(2)3;1-9(2,3)6-8-7-10-4-5-11-8;1-7(2)5-8(9)3-4-10-6-8/h7-12H2,1-6H3;11H,7-10H2,1-6H3;9H,6-8H2,1-5H3;10H,5-9H2,1-4H3;11H,4-9H2,1-3H3;10H,3-9H2,1-2H3;8H,4-7H2,1-3H3;8,10H,4-7H2,1-3H3;7,10H,3-6H2,1-2H3. The van der Waals surface area contributed by atoms with Gasteiger partial charge in [-0.15, -0.1) is 0 Å². The van der Waals surface area contributed by atoms with E-state index in [2.05, 4.69) is 200 Å². The van der Waals surface area contributed by atoms with Crippen LogP contribution in [-0.4, -0.2) is 306 Å². The van der Waals surface area contributed by atoms with Gasteiger partial charge in [0.2, 0.25) is 0 Å². The third-order valence-electron chi connectivity index (χ3n) is 21.6. The fourth-order valence-electron chi connectivity index (χ4n) is 15.9. The quantitative estimate of drug-likeness (QED) is 0.104. The number of piperazine rings is 2. The Kier molecular flexibility index (Phi) is 53.0. The summed E-state index contributed by atoms with van der Waals surface area (Å²) < 4.78 is 74.0. The Morgan fingerprint density at radius 1 is 0.380 bits per heavy atom. The summed E-state index contributed by atoms with van der Waals surface area (Å²) in [5, 5.41) is 9.75. The van der Waals surface area contributed by atoms with Gasteiger partial charge in [-0.05, 0) is 249 Å². The second kappa shape index (κ2) is 55.2. The third-order valence-corrected chi connectivity index (χ3v) is 21.6. The molecule has 9 aliphatic rings. The van der Waals surface area contributed by atoms with E-state index in [1.807, 2.05) is 81.1 Å². The van der Waals surface area contributed by atoms with Crippen LogP contribution in [0.2, 0.25) is 0 Å². The second-order valence-corrected chi connectivity index (χ2v) is 47.2. The number of likely N-dealkylation sites (N-methyl/N-ethyl adjacent to an activating group) is 1. The average molecular weight is 1730 g/mol. The first-order valence-electron chi connectivity index (χ1n) is 48.0. The predicted molar refractivity (Wildman–Crippen MR) is 503 cm³/mol. The Morgan fingerprint density at radius 3 is 1.17 bits per heavy atom. The lowest BCUT2D eigenvalue weighted by atomic mass is 9.87. The normalized spacial score (nSPS) is 22.9. The van der Waals surface area contributed by atoms with Gasteiger partial charge in [0.05, 0.1) is 57.8 Å². The molecule has 0 aromatic rings. The lowest BCUT2D eigenvalue weighted by molar-refractivity contribution is -0.0590. The molecule has 9 heterocycles. The number of carbonyl (C=O) groups excluding carboxylic acids is 3. The van der Waals surface area contributed by atoms with Crippen molar-refractivity contribution in [3.63, 3.8) is 0 Å². The van der Waals surface area contributed by atoms with E-state index in [-0.39, 0.29) is 36.8 Å². The first-order chi connectivity index (χ1) is 55.4. The van der Waals surface area contributed by atoms with Crippen LogP contribution >= 0.6 is 0 Å². The molecule has 9 aliphatic heterocycles. The van der Waals surface area contributed by atoms with Gasteiger partial charge in [-0.2, -0.15) is 0 Å². The highest BCUT2D eigenvalue weighted by molar-refractivity contribution is 5.70. The average Bonchev–Trinajstić information content (AvgIpc) is 1.42. The van der Waals surface area contributed by atoms with E-state index in [4.69, 9.17) is 28.4 Å². The van der Waals surface area contributed by atoms with Crippen LogP contribution < -0.4 is 16.0 Å². The van der Waals surface area contributed by atoms with Gasteiger partial charge in [0, 0.05) is 105 Å². The number of nitrogens with zero attached hydrogens (tertiary/aromatic N) is 8. The van der Waals surface area contributed by atoms with Crippen molar-refractivity contribution in [2.45, 2.75) is 371 Å². The number of amides is 3. The van der Waals surface area contributed by atoms with Gasteiger partial charge >= 0.3 is 18.3 Å². The molecule has 4 unspecified atom stereocenters. The van der Waals surface area contributed by atoms with Crippen molar-refractivity contribution in [2.24, 2.45) is 50.7 Å². The van der Waals surface area contributed by atoms with Crippen molar-refractivity contribution >= 4 is 18.3 Å². The van der Waals surface area contributed by atoms with Gasteiger partial charge < -0.3 is 68.9 Å². The number of morpholine rings is 3. The van der Waals surface area contributed by atoms with E-state index < -0.39 is 39.9 Å². The SMILES string of the molecule is CC(C)(C)CC1CN(C(=O)OC(C)(C)C)CCO1.CC(C)(C)CC1CNCCO1.CC(C)(C)CCN1CCN(C(=O)OC(C)(C)C)CC1.CC(C)(C)CCN1CCNCC1.CC(C)CC1(F)CCNC1.CC(C)CC1(F)CN(C(=O)OC(C)(C)C)C1.CC(C)CCCN1CCCC1.CCN1CC(F)(CC(C)C)C1.CCN1CCOC(CC(C)(C)C)C1. The number of nitrogens with one attached hydrogen (secondary N) is 3. The molecule has 23 heteroatoms. The highest BCUT2D eigenvalue weighted by Crippen LogP contribution is 2.35. The number of hydrogen-bond acceptors (Lipinski definition) is 17. The van der Waals surface area contributed by atoms with Crippen LogP contribution in [0.25, 0.3) is 0 Å². The number of hydrogen-bond donors (Lipinski definition) is 3. The summed E-state index contributed by atoms with van der Waals surface area (Å²) in [7, 11) is 0. The molecule has 4 atom stereocenters. The van der Waals surface area contributed by atoms with Crippen molar-refractivity contribution in [3.8, 4) is 0 Å². The smallest absolute Gasteiger partial charge is 0.410 e. The molecule has 20 nitrogen and oxygen atoms in total. The summed E-state index contributed by atoms with van der Waals surface area (Å²) in [6.45, 7) is 99.7. The molecule has 0 aromatic heterocycles. The monoisotopic (exact) mass is 1730 g/mol. The third kappa shape index (κ3) is 62.1. The molecule has 0 radical (unpaired) electrons. The first kappa shape index (κ1) is 116. The summed E-state index contributed by atoms with van der Waals surface area (Å²) in [6, 6.07) is 0. The molecule has 0 aromatic carbocycles. The molecule has 9 fully saturated rings. The Labute approximate surface area is 744 Å². The van der Waals surface area contributed by atoms with Crippen molar-refractivity contribution in [2.75, 3.05) is 197 Å². The van der Waals surface area contributed by atoms with E-state index in [0.717, 1.165) is 117 Å². The highest BCUT2D eigenvalue weighted by atomic mass is 19.2. The Balaban J connectivity index is 0.000000686. The minimum absolute atomic E-state index is 0.117. The van der Waals surface area contributed by atoms with Crippen LogP contribution in [0, 0.1) is 50.7 Å². The molecular formula is C98H198F3N11O9. The lowest BCUT2D eigenvalue weighted by Gasteiger charge is -2.45. The summed E-state index contributed by atoms with van der Waals surface area (Å²) in [5.41, 5.74) is -2.44. The van der Waals surface area contributed by atoms with Gasteiger partial charge in [0.25, 0.3) is 0 Å². The molecule has 3 amide bonds. The number of likely N-dealkylation sites (tertiary alicyclic amines) is 3. The Bertz CT molecular complexity index is 2690. The Hall–Kier alpha value is -2.84. The van der Waals surface area contributed by atoms with Crippen molar-refractivity contribution in [1.82, 2.24) is 55.1 Å². The minimum Gasteiger partial charge on any atom is -0.444 e. The summed E-state index contributed by atoms with van der Waals surface area (Å²) in [6.07, 6.45) is 14.3. The zero-order valence-electron chi connectivity index (χ0n) is 85.3. The van der Waals surface area contributed by atoms with E-state index in [1.54, 1.807) is 4.90 Å². The molecule has 0 bridgehead atoms. The molecular weight excluding hydrogens is 1530 g/mol. The zero-order valence-corrected chi connectivity index (χ0v) is 85.3. The number of halogens is 3. The maximum atomic E-state index is 14.0. The number of carbonyl (C=O) groups is 3. The molecule has 3 N–H and O–H groups in total. The first-order valence-corrected chi connectivity index (χ1v) is 48.0. The van der Waals surface area contributed by atoms with E-state index in [0.29, 0.717) is 110 Å². The van der Waals surface area contributed by atoms with Crippen LogP contribution in [-0.2, 0) is 28.4 Å². The van der Waals surface area contributed by atoms with Crippen LogP contribution in [0.4, 0.5) is 27.6 Å². The van der Waals surface area contributed by atoms with Crippen LogP contribution in [0.1, 0.15) is 319 Å². The zero-order chi connectivity index (χ0) is 92.7. The van der Waals surface area contributed by atoms with Crippen LogP contribution in [0.15, 0.2) is 0 Å². The van der Waals surface area contributed by atoms with Gasteiger partial charge in [0.1, 0.15) is 33.8 Å². The fraction of sp³-hybridized carbons (Fsp3) is 0.969. The Morgan fingerprint density at radius 2 is 0.777 bits per heavy atom. The van der Waals surface area contributed by atoms with Crippen molar-refractivity contribution in [1.29, 1.82) is 0 Å². The predicted octanol–water partition coefficient (Wildman–Crippen LogP) is 20.2. The summed E-state index contributed by atoms with van der Waals surface area (Å²) >= 11 is 0. The van der Waals surface area contributed by atoms with Gasteiger partial charge in [0.15, 0.2) is 0 Å². The highest BCUT2D eigenvalue weighted by Gasteiger charge is 2.48. The van der Waals surface area contributed by atoms with Gasteiger partial charge in [-0.1, -0.05) is 173 Å². The molecule has 121 heavy (non-hydrogen) atoms. The topological polar surface area (TPSA) is 169 Å². The summed E-state index contributed by atoms with van der Waals surface area (Å²) in [4.78, 5) is 52.7. The van der Waals surface area contributed by atoms with Crippen molar-refractivity contribution in [3.05, 3.63) is 0 Å². The molecule has 0 saturated carbocycles. The van der Waals surface area contributed by atoms with E-state index >= 15 is 0 Å². The van der Waals surface area contributed by atoms with Crippen LogP contribution in [0.3, 0.4) is 0 Å². The largest absolute Gasteiger partial charge is 0.444 e.